The van der Waals surface area contributed by atoms with Crippen LogP contribution in [0.4, 0.5) is 0 Å². The molecule has 1 heterocycles. The van der Waals surface area contributed by atoms with Crippen molar-refractivity contribution in [2.24, 2.45) is 0 Å². The van der Waals surface area contributed by atoms with Crippen LogP contribution in [0.25, 0.3) is 0 Å². The van der Waals surface area contributed by atoms with Gasteiger partial charge in [0.2, 0.25) is 0 Å². The molecule has 18 heavy (non-hydrogen) atoms. The Bertz CT molecular complexity index is 250. The van der Waals surface area contributed by atoms with Gasteiger partial charge < -0.3 is 16.1 Å². The van der Waals surface area contributed by atoms with E-state index in [9.17, 15) is 4.79 Å². The summed E-state index contributed by atoms with van der Waals surface area (Å²) in [4.78, 5) is 12.5. The number of rotatable bonds is 2. The predicted molar refractivity (Wildman–Crippen MR) is 69.4 cm³/mol. The Hall–Kier alpha value is -0.246. The van der Waals surface area contributed by atoms with Crippen LogP contribution in [0.1, 0.15) is 13.8 Å². The molecule has 1 radical (unpaired) electrons. The standard InChI is InChI=1S/C6H10NO2.C6H5.C2H6.Y/c1-9-6(8)5-7-3-2-4-7;1-2-4-6-5-3-1;1-2;/h2H,3-5H2,1H3;1-5H;1-2H3;/q2*-1;;. The van der Waals surface area contributed by atoms with E-state index in [1.807, 2.05) is 49.1 Å². The molecule has 0 bridgehead atoms. The van der Waals surface area contributed by atoms with Crippen LogP contribution in [0.2, 0.25) is 0 Å². The van der Waals surface area contributed by atoms with Crippen molar-refractivity contribution in [1.29, 1.82) is 0 Å². The van der Waals surface area contributed by atoms with Crippen LogP contribution >= 0.6 is 0 Å². The van der Waals surface area contributed by atoms with E-state index in [-0.39, 0.29) is 38.7 Å². The number of benzene rings is 1. The molecule has 2 rings (SSSR count). The molecule has 0 amide bonds. The molecule has 1 aromatic rings. The summed E-state index contributed by atoms with van der Waals surface area (Å²) in [5.74, 6) is -0.150. The third-order valence-corrected chi connectivity index (χ3v) is 1.96. The van der Waals surface area contributed by atoms with Crippen molar-refractivity contribution in [3.63, 3.8) is 0 Å². The molecule has 1 fully saturated rings. The minimum atomic E-state index is -0.150. The maximum Gasteiger partial charge on any atom is 0.319 e. The van der Waals surface area contributed by atoms with Gasteiger partial charge in [0.1, 0.15) is 0 Å². The van der Waals surface area contributed by atoms with E-state index in [1.54, 1.807) is 0 Å². The van der Waals surface area contributed by atoms with Gasteiger partial charge in [0, 0.05) is 32.7 Å². The minimum absolute atomic E-state index is 0. The molecule has 0 saturated carbocycles. The van der Waals surface area contributed by atoms with E-state index in [0.29, 0.717) is 6.54 Å². The summed E-state index contributed by atoms with van der Waals surface area (Å²) in [6.07, 6.45) is 2.11. The largest absolute Gasteiger partial charge is 0.468 e. The first-order valence-corrected chi connectivity index (χ1v) is 5.85. The van der Waals surface area contributed by atoms with Crippen LogP contribution < -0.4 is 0 Å². The molecule has 99 valence electrons. The van der Waals surface area contributed by atoms with Crippen LogP contribution in [0.5, 0.6) is 0 Å². The number of likely N-dealkylation sites (tertiary alicyclic amines) is 1. The molecule has 1 aliphatic rings. The zero-order chi connectivity index (χ0) is 12.9. The van der Waals surface area contributed by atoms with Crippen LogP contribution in [0, 0.1) is 12.5 Å². The van der Waals surface area contributed by atoms with Gasteiger partial charge in [-0.2, -0.15) is 36.4 Å². The maximum atomic E-state index is 10.5. The van der Waals surface area contributed by atoms with E-state index in [1.165, 1.54) is 7.11 Å². The number of ether oxygens (including phenoxy) is 1. The number of esters is 1. The molecule has 0 N–H and O–H groups in total. The monoisotopic (exact) mass is 324 g/mol. The van der Waals surface area contributed by atoms with E-state index in [2.05, 4.69) is 17.2 Å². The minimum Gasteiger partial charge on any atom is -0.468 e. The van der Waals surface area contributed by atoms with Gasteiger partial charge in [0.25, 0.3) is 0 Å². The van der Waals surface area contributed by atoms with E-state index < -0.39 is 0 Å². The molecule has 0 aliphatic carbocycles. The van der Waals surface area contributed by atoms with E-state index in [0.717, 1.165) is 13.1 Å². The summed E-state index contributed by atoms with van der Waals surface area (Å²) in [6, 6.07) is 12.5. The van der Waals surface area contributed by atoms with Crippen LogP contribution in [-0.2, 0) is 42.2 Å². The average Bonchev–Trinajstić information content (AvgIpc) is 2.39. The first-order chi connectivity index (χ1) is 8.33. The van der Waals surface area contributed by atoms with Crippen LogP contribution in [-0.4, -0.2) is 37.6 Å². The molecule has 1 aliphatic heterocycles. The summed E-state index contributed by atoms with van der Waals surface area (Å²) in [6.45, 7) is 6.29. The zero-order valence-corrected chi connectivity index (χ0v) is 14.3. The van der Waals surface area contributed by atoms with E-state index in [4.69, 9.17) is 0 Å². The molecule has 4 heteroatoms. The number of hydrogen-bond acceptors (Lipinski definition) is 3. The van der Waals surface area contributed by atoms with Gasteiger partial charge in [-0.15, -0.1) is 13.1 Å². The molecule has 0 unspecified atom stereocenters. The van der Waals surface area contributed by atoms with Crippen LogP contribution in [0.15, 0.2) is 30.3 Å². The summed E-state index contributed by atoms with van der Waals surface area (Å²) in [7, 11) is 1.41. The molecule has 3 nitrogen and oxygen atoms in total. The van der Waals surface area contributed by atoms with Gasteiger partial charge in [-0.05, 0) is 0 Å². The number of methoxy groups -OCH3 is 1. The molecule has 1 saturated heterocycles. The quantitative estimate of drug-likeness (QED) is 0.617. The molecular weight excluding hydrogens is 303 g/mol. The SMILES string of the molecule is CC.COC(=O)CN1C[CH-]C1.[Y].[c-]1ccccc1. The number of carbonyl (C=O) groups is 1. The Morgan fingerprint density at radius 2 is 1.83 bits per heavy atom. The van der Waals surface area contributed by atoms with Crippen molar-refractivity contribution in [1.82, 2.24) is 4.90 Å². The number of hydrogen-bond donors (Lipinski definition) is 0. The summed E-state index contributed by atoms with van der Waals surface area (Å²) in [5, 5.41) is 0. The Kier molecular flexibility index (Phi) is 16.5. The average molecular weight is 324 g/mol. The molecule has 0 aromatic heterocycles. The van der Waals surface area contributed by atoms with Crippen molar-refractivity contribution in [2.75, 3.05) is 26.7 Å². The zero-order valence-electron chi connectivity index (χ0n) is 11.4. The van der Waals surface area contributed by atoms with Crippen molar-refractivity contribution in [3.8, 4) is 0 Å². The first-order valence-electron chi connectivity index (χ1n) is 5.85. The fourth-order valence-electron chi connectivity index (χ4n) is 1.03. The third-order valence-electron chi connectivity index (χ3n) is 1.96. The van der Waals surface area contributed by atoms with Gasteiger partial charge in [-0.25, -0.2) is 0 Å². The fraction of sp³-hybridized carbons (Fsp3) is 0.429. The van der Waals surface area contributed by atoms with Crippen molar-refractivity contribution in [2.45, 2.75) is 13.8 Å². The Morgan fingerprint density at radius 1 is 1.28 bits per heavy atom. The predicted octanol–water partition coefficient (Wildman–Crippen LogP) is 2.19. The second kappa shape index (κ2) is 14.8. The van der Waals surface area contributed by atoms with Crippen LogP contribution in [0.3, 0.4) is 0 Å². The molecule has 0 atom stereocenters. The van der Waals surface area contributed by atoms with E-state index >= 15 is 0 Å². The topological polar surface area (TPSA) is 29.5 Å². The van der Waals surface area contributed by atoms with Crippen molar-refractivity contribution in [3.05, 3.63) is 42.8 Å². The molecule has 1 aromatic carbocycles. The van der Waals surface area contributed by atoms with Gasteiger partial charge in [-0.3, -0.25) is 4.79 Å². The van der Waals surface area contributed by atoms with Gasteiger partial charge in [0.05, 0.1) is 13.7 Å². The van der Waals surface area contributed by atoms with Gasteiger partial charge >= 0.3 is 5.97 Å². The Balaban J connectivity index is 0. The Morgan fingerprint density at radius 3 is 2.06 bits per heavy atom. The summed E-state index contributed by atoms with van der Waals surface area (Å²) < 4.78 is 4.46. The van der Waals surface area contributed by atoms with Gasteiger partial charge in [-0.1, -0.05) is 13.8 Å². The number of carbonyl (C=O) groups excluding carboxylic acids is 1. The Labute approximate surface area is 136 Å². The van der Waals surface area contributed by atoms with Crippen molar-refractivity contribution < 1.29 is 42.2 Å². The third kappa shape index (κ3) is 10.9. The molecule has 0 spiro atoms. The van der Waals surface area contributed by atoms with Crippen molar-refractivity contribution >= 4 is 5.97 Å². The number of nitrogens with zero attached hydrogens (tertiary/aromatic N) is 1. The smallest absolute Gasteiger partial charge is 0.319 e. The second-order valence-electron chi connectivity index (χ2n) is 3.14. The first kappa shape index (κ1) is 20.1. The summed E-state index contributed by atoms with van der Waals surface area (Å²) in [5.41, 5.74) is 0. The fourth-order valence-corrected chi connectivity index (χ4v) is 1.03. The second-order valence-corrected chi connectivity index (χ2v) is 3.14. The van der Waals surface area contributed by atoms with Gasteiger partial charge in [0.15, 0.2) is 0 Å². The molecular formula is C14H21NO2Y-2. The maximum absolute atomic E-state index is 10.5. The summed E-state index contributed by atoms with van der Waals surface area (Å²) >= 11 is 0. The normalized spacial score (nSPS) is 12.4.